The maximum Gasteiger partial charge on any atom is 0.238 e. The van der Waals surface area contributed by atoms with Gasteiger partial charge in [0, 0.05) is 6.07 Å². The number of carbonyl (C=O) groups is 1. The van der Waals surface area contributed by atoms with Gasteiger partial charge in [-0.3, -0.25) is 4.79 Å². The Labute approximate surface area is 86.0 Å². The summed E-state index contributed by atoms with van der Waals surface area (Å²) in [6.07, 6.45) is -0.353. The number of aryl methyl sites for hydroxylation is 1. The molecule has 2 N–H and O–H groups in total. The van der Waals surface area contributed by atoms with E-state index in [-0.39, 0.29) is 17.9 Å². The van der Waals surface area contributed by atoms with Gasteiger partial charge in [0.25, 0.3) is 0 Å². The Bertz CT molecular complexity index is 438. The molecule has 1 aromatic carbocycles. The van der Waals surface area contributed by atoms with Crippen molar-refractivity contribution < 1.29 is 14.3 Å². The number of hydrogen-bond acceptors (Lipinski definition) is 3. The molecule has 0 atom stereocenters. The fourth-order valence-corrected chi connectivity index (χ4v) is 1.02. The van der Waals surface area contributed by atoms with Gasteiger partial charge in [-0.2, -0.15) is 5.26 Å². The minimum atomic E-state index is -0.642. The molecule has 0 saturated carbocycles. The van der Waals surface area contributed by atoms with Gasteiger partial charge in [-0.1, -0.05) is 0 Å². The topological polar surface area (TPSA) is 73.1 Å². The third kappa shape index (κ3) is 2.68. The summed E-state index contributed by atoms with van der Waals surface area (Å²) in [5.74, 6) is -1.36. The number of aromatic hydroxyl groups is 1. The normalized spacial score (nSPS) is 9.40. The number of nitrogens with zero attached hydrogens (tertiary/aromatic N) is 1. The number of halogens is 1. The van der Waals surface area contributed by atoms with Crippen LogP contribution in [-0.4, -0.2) is 11.0 Å². The van der Waals surface area contributed by atoms with Crippen LogP contribution in [0.15, 0.2) is 12.1 Å². The van der Waals surface area contributed by atoms with Gasteiger partial charge >= 0.3 is 0 Å². The molecule has 4 nitrogen and oxygen atoms in total. The molecule has 0 unspecified atom stereocenters. The number of rotatable bonds is 2. The average molecular weight is 208 g/mol. The largest absolute Gasteiger partial charge is 0.508 e. The quantitative estimate of drug-likeness (QED) is 0.776. The number of amides is 1. The van der Waals surface area contributed by atoms with Gasteiger partial charge in [-0.25, -0.2) is 4.39 Å². The SMILES string of the molecule is Cc1cc(F)c(NC(=O)CC#N)cc1O. The Kier molecular flexibility index (Phi) is 3.24. The number of benzene rings is 1. The van der Waals surface area contributed by atoms with Gasteiger partial charge in [0.1, 0.15) is 18.0 Å². The molecule has 0 aliphatic heterocycles. The number of carbonyl (C=O) groups excluding carboxylic acids is 1. The highest BCUT2D eigenvalue weighted by molar-refractivity contribution is 5.92. The molecule has 0 aliphatic rings. The minimum Gasteiger partial charge on any atom is -0.508 e. The second-order valence-corrected chi connectivity index (χ2v) is 3.00. The Hall–Kier alpha value is -2.09. The number of anilines is 1. The van der Waals surface area contributed by atoms with E-state index in [2.05, 4.69) is 5.32 Å². The Morgan fingerprint density at radius 1 is 1.67 bits per heavy atom. The number of nitrogens with one attached hydrogen (secondary N) is 1. The summed E-state index contributed by atoms with van der Waals surface area (Å²) in [6.45, 7) is 1.54. The third-order valence-corrected chi connectivity index (χ3v) is 1.80. The fourth-order valence-electron chi connectivity index (χ4n) is 1.02. The van der Waals surface area contributed by atoms with E-state index in [1.807, 2.05) is 0 Å². The first-order valence-corrected chi connectivity index (χ1v) is 4.20. The lowest BCUT2D eigenvalue weighted by molar-refractivity contribution is -0.115. The van der Waals surface area contributed by atoms with Crippen molar-refractivity contribution in [3.8, 4) is 11.8 Å². The van der Waals surface area contributed by atoms with Crippen molar-refractivity contribution in [2.45, 2.75) is 13.3 Å². The Morgan fingerprint density at radius 3 is 2.93 bits per heavy atom. The Balaban J connectivity index is 2.92. The van der Waals surface area contributed by atoms with E-state index >= 15 is 0 Å². The lowest BCUT2D eigenvalue weighted by Gasteiger charge is -2.06. The molecule has 1 rings (SSSR count). The average Bonchev–Trinajstić information content (AvgIpc) is 2.14. The van der Waals surface area contributed by atoms with Crippen LogP contribution in [0.1, 0.15) is 12.0 Å². The van der Waals surface area contributed by atoms with Crippen molar-refractivity contribution in [3.05, 3.63) is 23.5 Å². The molecule has 0 aromatic heterocycles. The van der Waals surface area contributed by atoms with E-state index in [4.69, 9.17) is 5.26 Å². The van der Waals surface area contributed by atoms with Crippen LogP contribution in [-0.2, 0) is 4.79 Å². The maximum absolute atomic E-state index is 13.2. The van der Waals surface area contributed by atoms with Gasteiger partial charge in [0.2, 0.25) is 5.91 Å². The molecule has 0 radical (unpaired) electrons. The van der Waals surface area contributed by atoms with Crippen molar-refractivity contribution >= 4 is 11.6 Å². The molecule has 0 aliphatic carbocycles. The zero-order valence-electron chi connectivity index (χ0n) is 8.04. The molecule has 0 heterocycles. The highest BCUT2D eigenvalue weighted by atomic mass is 19.1. The first-order chi connectivity index (χ1) is 7.04. The summed E-state index contributed by atoms with van der Waals surface area (Å²) in [5.41, 5.74) is 0.254. The van der Waals surface area contributed by atoms with Crippen LogP contribution < -0.4 is 5.32 Å². The van der Waals surface area contributed by atoms with Crippen LogP contribution in [0.5, 0.6) is 5.75 Å². The summed E-state index contributed by atoms with van der Waals surface area (Å²) in [5, 5.41) is 19.7. The van der Waals surface area contributed by atoms with E-state index in [0.717, 1.165) is 12.1 Å². The fraction of sp³-hybridized carbons (Fsp3) is 0.200. The van der Waals surface area contributed by atoms with E-state index in [1.54, 1.807) is 13.0 Å². The summed E-state index contributed by atoms with van der Waals surface area (Å²) < 4.78 is 13.2. The summed E-state index contributed by atoms with van der Waals surface area (Å²) >= 11 is 0. The smallest absolute Gasteiger partial charge is 0.238 e. The van der Waals surface area contributed by atoms with Crippen molar-refractivity contribution in [2.24, 2.45) is 0 Å². The van der Waals surface area contributed by atoms with Gasteiger partial charge in [-0.05, 0) is 18.6 Å². The molecular weight excluding hydrogens is 199 g/mol. The van der Waals surface area contributed by atoms with Crippen LogP contribution in [0, 0.1) is 24.1 Å². The van der Waals surface area contributed by atoms with Gasteiger partial charge < -0.3 is 10.4 Å². The van der Waals surface area contributed by atoms with E-state index < -0.39 is 11.7 Å². The van der Waals surface area contributed by atoms with Crippen LogP contribution in [0.3, 0.4) is 0 Å². The van der Waals surface area contributed by atoms with Gasteiger partial charge in [0.15, 0.2) is 0 Å². The minimum absolute atomic E-state index is 0.108. The molecule has 0 saturated heterocycles. The summed E-state index contributed by atoms with van der Waals surface area (Å²) in [7, 11) is 0. The predicted molar refractivity (Wildman–Crippen MR) is 51.7 cm³/mol. The molecule has 1 aromatic rings. The molecule has 0 fully saturated rings. The third-order valence-electron chi connectivity index (χ3n) is 1.80. The van der Waals surface area contributed by atoms with Crippen LogP contribution in [0.2, 0.25) is 0 Å². The van der Waals surface area contributed by atoms with Crippen LogP contribution in [0.25, 0.3) is 0 Å². The molecule has 1 amide bonds. The van der Waals surface area contributed by atoms with Crippen LogP contribution in [0.4, 0.5) is 10.1 Å². The van der Waals surface area contributed by atoms with E-state index in [1.165, 1.54) is 0 Å². The lowest BCUT2D eigenvalue weighted by Crippen LogP contribution is -2.11. The molecule has 0 bridgehead atoms. The highest BCUT2D eigenvalue weighted by Crippen LogP contribution is 2.24. The van der Waals surface area contributed by atoms with Crippen molar-refractivity contribution in [1.82, 2.24) is 0 Å². The van der Waals surface area contributed by atoms with Gasteiger partial charge in [-0.15, -0.1) is 0 Å². The number of phenols is 1. The highest BCUT2D eigenvalue weighted by Gasteiger charge is 2.09. The summed E-state index contributed by atoms with van der Waals surface area (Å²) in [4.78, 5) is 11.0. The second kappa shape index (κ2) is 4.42. The zero-order valence-corrected chi connectivity index (χ0v) is 8.04. The molecule has 5 heteroatoms. The lowest BCUT2D eigenvalue weighted by atomic mass is 10.2. The first-order valence-electron chi connectivity index (χ1n) is 4.20. The zero-order chi connectivity index (χ0) is 11.4. The number of nitriles is 1. The Morgan fingerprint density at radius 2 is 2.33 bits per heavy atom. The molecule has 0 spiro atoms. The van der Waals surface area contributed by atoms with Crippen molar-refractivity contribution in [1.29, 1.82) is 5.26 Å². The van der Waals surface area contributed by atoms with E-state index in [0.29, 0.717) is 5.56 Å². The molecule has 15 heavy (non-hydrogen) atoms. The number of hydrogen-bond donors (Lipinski definition) is 2. The standard InChI is InChI=1S/C10H9FN2O2/c1-6-4-7(11)8(5-9(6)14)13-10(15)2-3-12/h4-5,14H,2H2,1H3,(H,13,15). The number of phenolic OH excluding ortho intramolecular Hbond substituents is 1. The monoisotopic (exact) mass is 208 g/mol. The van der Waals surface area contributed by atoms with E-state index in [9.17, 15) is 14.3 Å². The molecule has 78 valence electrons. The maximum atomic E-state index is 13.2. The predicted octanol–water partition coefficient (Wildman–Crippen LogP) is 1.69. The first kappa shape index (κ1) is 11.0. The van der Waals surface area contributed by atoms with Crippen molar-refractivity contribution in [2.75, 3.05) is 5.32 Å². The second-order valence-electron chi connectivity index (χ2n) is 3.00. The van der Waals surface area contributed by atoms with Gasteiger partial charge in [0.05, 0.1) is 11.8 Å². The van der Waals surface area contributed by atoms with Crippen molar-refractivity contribution in [3.63, 3.8) is 0 Å². The summed E-state index contributed by atoms with van der Waals surface area (Å²) in [6, 6.07) is 3.86. The van der Waals surface area contributed by atoms with Crippen LogP contribution >= 0.6 is 0 Å². The molecular formula is C10H9FN2O2.